The molecule has 1 aliphatic rings. The van der Waals surface area contributed by atoms with Crippen molar-refractivity contribution in [2.75, 3.05) is 20.1 Å². The molecule has 3 heteroatoms. The first-order valence-corrected chi connectivity index (χ1v) is 10.6. The summed E-state index contributed by atoms with van der Waals surface area (Å²) in [7, 11) is 1.95. The molecule has 28 heavy (non-hydrogen) atoms. The molecule has 1 amide bonds. The van der Waals surface area contributed by atoms with Crippen molar-refractivity contribution >= 4 is 5.91 Å². The molecule has 0 saturated carbocycles. The lowest BCUT2D eigenvalue weighted by molar-refractivity contribution is -0.137. The summed E-state index contributed by atoms with van der Waals surface area (Å²) >= 11 is 0. The lowest BCUT2D eigenvalue weighted by Crippen LogP contribution is -2.48. The van der Waals surface area contributed by atoms with Crippen LogP contribution in [0.15, 0.2) is 60.7 Å². The highest BCUT2D eigenvalue weighted by Crippen LogP contribution is 2.31. The van der Waals surface area contributed by atoms with Crippen LogP contribution in [-0.4, -0.2) is 37.0 Å². The molecule has 154 valence electrons. The molecule has 0 bridgehead atoms. The molecular weight excluding hydrogens is 344 g/mol. The average molecular weight is 383 g/mol. The van der Waals surface area contributed by atoms with Gasteiger partial charge in [0.15, 0.2) is 0 Å². The largest absolute Gasteiger partial charge is 0.340 e. The van der Waals surface area contributed by atoms with E-state index < -0.39 is 5.41 Å². The maximum Gasteiger partial charge on any atom is 0.232 e. The molecule has 3 rings (SSSR count). The Morgan fingerprint density at radius 2 is 1.39 bits per heavy atom. The highest BCUT2D eigenvalue weighted by Gasteiger charge is 2.39. The third-order valence-electron chi connectivity index (χ3n) is 5.26. The number of likely N-dealkylation sites (N-methyl/N-ethyl adjacent to an activating group) is 1. The van der Waals surface area contributed by atoms with Gasteiger partial charge in [-0.05, 0) is 25.0 Å². The minimum Gasteiger partial charge on any atom is -0.340 e. The molecule has 0 aromatic heterocycles. The Kier molecular flexibility index (Phi) is 9.95. The molecule has 2 aromatic rings. The monoisotopic (exact) mass is 382 g/mol. The van der Waals surface area contributed by atoms with Gasteiger partial charge in [0.1, 0.15) is 0 Å². The smallest absolute Gasteiger partial charge is 0.232 e. The van der Waals surface area contributed by atoms with Crippen LogP contribution in [0.5, 0.6) is 0 Å². The van der Waals surface area contributed by atoms with E-state index in [1.807, 2.05) is 89.9 Å². The second-order valence-electron chi connectivity index (χ2n) is 7.15. The third-order valence-corrected chi connectivity index (χ3v) is 5.26. The fourth-order valence-corrected chi connectivity index (χ4v) is 3.68. The van der Waals surface area contributed by atoms with E-state index in [-0.39, 0.29) is 11.9 Å². The molecule has 3 nitrogen and oxygen atoms in total. The number of hydrogen-bond acceptors (Lipinski definition) is 2. The van der Waals surface area contributed by atoms with E-state index in [2.05, 4.69) is 29.6 Å². The van der Waals surface area contributed by atoms with E-state index in [4.69, 9.17) is 0 Å². The Bertz CT molecular complexity index is 682. The summed E-state index contributed by atoms with van der Waals surface area (Å²) in [4.78, 5) is 15.2. The van der Waals surface area contributed by atoms with E-state index in [9.17, 15) is 4.79 Å². The third kappa shape index (κ3) is 5.45. The first kappa shape index (κ1) is 23.9. The van der Waals surface area contributed by atoms with Crippen molar-refractivity contribution in [3.8, 4) is 0 Å². The highest BCUT2D eigenvalue weighted by molar-refractivity contribution is 5.87. The molecule has 1 aliphatic heterocycles. The van der Waals surface area contributed by atoms with Gasteiger partial charge in [0, 0.05) is 26.1 Å². The van der Waals surface area contributed by atoms with Gasteiger partial charge in [-0.1, -0.05) is 88.4 Å². The minimum atomic E-state index is -0.528. The van der Waals surface area contributed by atoms with E-state index in [0.29, 0.717) is 5.92 Å². The first-order valence-electron chi connectivity index (χ1n) is 10.6. The number of carbonyl (C=O) groups excluding carboxylic acids is 1. The summed E-state index contributed by atoms with van der Waals surface area (Å²) in [5.74, 6) is 0.509. The summed E-state index contributed by atoms with van der Waals surface area (Å²) in [6.07, 6.45) is 0. The second kappa shape index (κ2) is 11.7. The Labute approximate surface area is 172 Å². The van der Waals surface area contributed by atoms with E-state index in [0.717, 1.165) is 18.7 Å². The van der Waals surface area contributed by atoms with Crippen LogP contribution in [0, 0.1) is 0 Å². The molecule has 1 saturated heterocycles. The van der Waals surface area contributed by atoms with Crippen molar-refractivity contribution in [3.63, 3.8) is 0 Å². The van der Waals surface area contributed by atoms with Gasteiger partial charge in [0.2, 0.25) is 5.91 Å². The molecule has 1 heterocycles. The maximum absolute atomic E-state index is 13.2. The number of benzene rings is 2. The van der Waals surface area contributed by atoms with Gasteiger partial charge in [-0.3, -0.25) is 4.79 Å². The summed E-state index contributed by atoms with van der Waals surface area (Å²) < 4.78 is 0. The van der Waals surface area contributed by atoms with Crippen LogP contribution in [-0.2, 0) is 10.2 Å². The quantitative estimate of drug-likeness (QED) is 0.785. The molecule has 1 N–H and O–H groups in total. The number of nitrogens with one attached hydrogen (secondary N) is 1. The molecule has 2 aromatic carbocycles. The second-order valence-corrected chi connectivity index (χ2v) is 7.15. The molecule has 0 aliphatic carbocycles. The van der Waals surface area contributed by atoms with Gasteiger partial charge in [-0.25, -0.2) is 0 Å². The van der Waals surface area contributed by atoms with Crippen molar-refractivity contribution in [2.24, 2.45) is 0 Å². The Balaban J connectivity index is 0.000000921. The van der Waals surface area contributed by atoms with Crippen molar-refractivity contribution in [2.45, 2.75) is 58.9 Å². The summed E-state index contributed by atoms with van der Waals surface area (Å²) in [5, 5.41) is 3.45. The predicted octanol–water partition coefficient (Wildman–Crippen LogP) is 5.23. The van der Waals surface area contributed by atoms with Gasteiger partial charge < -0.3 is 10.2 Å². The average Bonchev–Trinajstić information content (AvgIpc) is 3.26. The van der Waals surface area contributed by atoms with Gasteiger partial charge in [0.25, 0.3) is 0 Å². The number of amides is 1. The van der Waals surface area contributed by atoms with Crippen LogP contribution in [0.2, 0.25) is 0 Å². The Hall–Kier alpha value is -2.13. The van der Waals surface area contributed by atoms with Gasteiger partial charge in [-0.15, -0.1) is 0 Å². The number of rotatable bonds is 4. The number of hydrogen-bond donors (Lipinski definition) is 1. The normalized spacial score (nSPS) is 18.2. The van der Waals surface area contributed by atoms with Crippen molar-refractivity contribution in [3.05, 3.63) is 71.8 Å². The number of nitrogens with zero attached hydrogens (tertiary/aromatic N) is 1. The van der Waals surface area contributed by atoms with Crippen LogP contribution in [0.1, 0.15) is 58.6 Å². The molecule has 1 fully saturated rings. The zero-order valence-electron chi connectivity index (χ0n) is 18.7. The molecule has 0 radical (unpaired) electrons. The Morgan fingerprint density at radius 3 is 1.93 bits per heavy atom. The topological polar surface area (TPSA) is 32.3 Å². The van der Waals surface area contributed by atoms with Crippen LogP contribution in [0.25, 0.3) is 0 Å². The lowest BCUT2D eigenvalue weighted by Gasteiger charge is -2.35. The van der Waals surface area contributed by atoms with E-state index in [1.165, 1.54) is 5.56 Å². The number of carbonyl (C=O) groups is 1. The van der Waals surface area contributed by atoms with Crippen LogP contribution < -0.4 is 5.32 Å². The van der Waals surface area contributed by atoms with Gasteiger partial charge in [0.05, 0.1) is 11.5 Å². The standard InChI is InChI=1S/C21H26N2O.2C2H6/c1-21(2,17-12-8-5-9-13-17)20(24)23(3)19-15-22-14-18(19)16-10-6-4-7-11-16;2*1-2/h4-13,18-19,22H,14-15H2,1-3H3;2*1-2H3/t18-,19+;;/m0../s1. The maximum atomic E-state index is 13.2. The highest BCUT2D eigenvalue weighted by atomic mass is 16.2. The minimum absolute atomic E-state index is 0.170. The molecule has 0 unspecified atom stereocenters. The fraction of sp³-hybridized carbons (Fsp3) is 0.480. The van der Waals surface area contributed by atoms with Crippen LogP contribution >= 0.6 is 0 Å². The summed E-state index contributed by atoms with van der Waals surface area (Å²) in [6, 6.07) is 20.7. The predicted molar refractivity (Wildman–Crippen MR) is 121 cm³/mol. The SMILES string of the molecule is CC.CC.CN(C(=O)C(C)(C)c1ccccc1)[C@@H]1CNC[C@H]1c1ccccc1. The molecule has 2 atom stereocenters. The summed E-state index contributed by atoms with van der Waals surface area (Å²) in [6.45, 7) is 13.8. The lowest BCUT2D eigenvalue weighted by atomic mass is 9.82. The Morgan fingerprint density at radius 1 is 0.893 bits per heavy atom. The zero-order valence-corrected chi connectivity index (χ0v) is 18.7. The van der Waals surface area contributed by atoms with E-state index in [1.54, 1.807) is 0 Å². The van der Waals surface area contributed by atoms with E-state index >= 15 is 0 Å². The fourth-order valence-electron chi connectivity index (χ4n) is 3.68. The van der Waals surface area contributed by atoms with Crippen molar-refractivity contribution in [1.29, 1.82) is 0 Å². The molecular formula is C25H38N2O. The van der Waals surface area contributed by atoms with Crippen LogP contribution in [0.3, 0.4) is 0 Å². The zero-order chi connectivity index (χ0) is 21.2. The van der Waals surface area contributed by atoms with Crippen molar-refractivity contribution in [1.82, 2.24) is 10.2 Å². The van der Waals surface area contributed by atoms with Gasteiger partial charge >= 0.3 is 0 Å². The summed E-state index contributed by atoms with van der Waals surface area (Å²) in [5.41, 5.74) is 1.83. The van der Waals surface area contributed by atoms with Crippen molar-refractivity contribution < 1.29 is 4.79 Å². The van der Waals surface area contributed by atoms with Crippen LogP contribution in [0.4, 0.5) is 0 Å². The first-order chi connectivity index (χ1) is 13.5. The molecule has 0 spiro atoms. The van der Waals surface area contributed by atoms with Gasteiger partial charge in [-0.2, -0.15) is 0 Å².